The fraction of sp³-hybridized carbons (Fsp3) is 0.750. The molecule has 1 atom stereocenters. The topological polar surface area (TPSA) is 58.9 Å². The molecule has 0 aromatic carbocycles. The number of nitrogens with zero attached hydrogens (tertiary/aromatic N) is 1. The predicted molar refractivity (Wildman–Crippen MR) is 42.2 cm³/mol. The zero-order valence-electron chi connectivity index (χ0n) is 6.69. The molecule has 4 heteroatoms. The van der Waals surface area contributed by atoms with Gasteiger partial charge in [0, 0.05) is 5.92 Å². The van der Waals surface area contributed by atoms with Crippen LogP contribution in [-0.2, 0) is 9.53 Å². The van der Waals surface area contributed by atoms with Gasteiger partial charge in [-0.3, -0.25) is 0 Å². The van der Waals surface area contributed by atoms with Crippen LogP contribution in [0.3, 0.4) is 0 Å². The van der Waals surface area contributed by atoms with Gasteiger partial charge in [0.05, 0.1) is 0 Å². The molecular weight excluding hydrogens is 158 g/mol. The number of hydrogen-bond acceptors (Lipinski definition) is 3. The molecule has 1 aliphatic carbocycles. The number of ether oxygens (including phenoxy) is 1. The summed E-state index contributed by atoms with van der Waals surface area (Å²) in [5.74, 6) is 0.201. The van der Waals surface area contributed by atoms with Crippen molar-refractivity contribution >= 4 is 11.9 Å². The van der Waals surface area contributed by atoms with E-state index in [1.807, 2.05) is 0 Å². The lowest BCUT2D eigenvalue weighted by molar-refractivity contribution is -0.138. The maximum atomic E-state index is 10.5. The quantitative estimate of drug-likeness (QED) is 0.660. The van der Waals surface area contributed by atoms with Crippen molar-refractivity contribution in [2.45, 2.75) is 25.3 Å². The number of hydrogen-bond donors (Lipinski definition) is 1. The van der Waals surface area contributed by atoms with Crippen LogP contribution in [0.15, 0.2) is 4.99 Å². The zero-order valence-corrected chi connectivity index (χ0v) is 6.69. The van der Waals surface area contributed by atoms with E-state index in [1.54, 1.807) is 0 Å². The van der Waals surface area contributed by atoms with Crippen molar-refractivity contribution in [1.82, 2.24) is 0 Å². The van der Waals surface area contributed by atoms with E-state index in [2.05, 4.69) is 4.99 Å². The van der Waals surface area contributed by atoms with Crippen LogP contribution in [0, 0.1) is 5.92 Å². The Balaban J connectivity index is 1.99. The molecule has 4 nitrogen and oxygen atoms in total. The van der Waals surface area contributed by atoms with Crippen molar-refractivity contribution in [3.05, 3.63) is 0 Å². The SMILES string of the molecule is O=C(O)C1COC(C2CCC2)=N1. The smallest absolute Gasteiger partial charge is 0.332 e. The standard InChI is InChI=1S/C8H11NO3/c10-8(11)6-4-12-7(9-6)5-2-1-3-5/h5-6H,1-4H2,(H,10,11). The van der Waals surface area contributed by atoms with Crippen molar-refractivity contribution < 1.29 is 14.6 Å². The largest absolute Gasteiger partial charge is 0.480 e. The molecule has 1 unspecified atom stereocenters. The molecule has 2 rings (SSSR count). The van der Waals surface area contributed by atoms with Gasteiger partial charge in [0.1, 0.15) is 6.61 Å². The summed E-state index contributed by atoms with van der Waals surface area (Å²) in [6.07, 6.45) is 3.42. The molecule has 1 N–H and O–H groups in total. The van der Waals surface area contributed by atoms with Crippen LogP contribution < -0.4 is 0 Å². The summed E-state index contributed by atoms with van der Waals surface area (Å²) in [5.41, 5.74) is 0. The van der Waals surface area contributed by atoms with Crippen molar-refractivity contribution in [3.63, 3.8) is 0 Å². The number of carbonyl (C=O) groups is 1. The number of aliphatic imine (C=N–C) groups is 1. The fourth-order valence-corrected chi connectivity index (χ4v) is 1.40. The first kappa shape index (κ1) is 7.58. The first-order valence-corrected chi connectivity index (χ1v) is 4.20. The molecular formula is C8H11NO3. The summed E-state index contributed by atoms with van der Waals surface area (Å²) < 4.78 is 5.20. The van der Waals surface area contributed by atoms with Gasteiger partial charge in [0.15, 0.2) is 11.9 Å². The van der Waals surface area contributed by atoms with Crippen LogP contribution >= 0.6 is 0 Å². The number of aliphatic carboxylic acids is 1. The molecule has 0 bridgehead atoms. The van der Waals surface area contributed by atoms with E-state index < -0.39 is 12.0 Å². The van der Waals surface area contributed by atoms with Gasteiger partial charge in [-0.25, -0.2) is 9.79 Å². The van der Waals surface area contributed by atoms with Crippen LogP contribution in [0.5, 0.6) is 0 Å². The Bertz CT molecular complexity index is 232. The molecule has 0 saturated heterocycles. The molecule has 0 aromatic heterocycles. The van der Waals surface area contributed by atoms with E-state index in [4.69, 9.17) is 9.84 Å². The second kappa shape index (κ2) is 2.77. The number of rotatable bonds is 2. The molecule has 0 spiro atoms. The summed E-state index contributed by atoms with van der Waals surface area (Å²) in [4.78, 5) is 14.5. The van der Waals surface area contributed by atoms with Crippen molar-refractivity contribution in [2.75, 3.05) is 6.61 Å². The molecule has 1 aliphatic heterocycles. The van der Waals surface area contributed by atoms with Gasteiger partial charge in [-0.15, -0.1) is 0 Å². The van der Waals surface area contributed by atoms with Gasteiger partial charge >= 0.3 is 5.97 Å². The first-order chi connectivity index (χ1) is 5.77. The van der Waals surface area contributed by atoms with Gasteiger partial charge in [-0.1, -0.05) is 6.42 Å². The minimum atomic E-state index is -0.885. The van der Waals surface area contributed by atoms with Gasteiger partial charge < -0.3 is 9.84 Å². The van der Waals surface area contributed by atoms with Gasteiger partial charge in [0.2, 0.25) is 0 Å². The Morgan fingerprint density at radius 2 is 2.33 bits per heavy atom. The van der Waals surface area contributed by atoms with Crippen LogP contribution in [0.4, 0.5) is 0 Å². The lowest BCUT2D eigenvalue weighted by atomic mass is 9.85. The Morgan fingerprint density at radius 1 is 1.58 bits per heavy atom. The molecule has 0 amide bonds. The molecule has 1 fully saturated rings. The van der Waals surface area contributed by atoms with E-state index in [0.29, 0.717) is 11.8 Å². The molecule has 2 aliphatic rings. The average molecular weight is 169 g/mol. The Kier molecular flexibility index (Phi) is 1.75. The maximum absolute atomic E-state index is 10.5. The monoisotopic (exact) mass is 169 g/mol. The second-order valence-electron chi connectivity index (χ2n) is 3.26. The normalized spacial score (nSPS) is 29.0. The molecule has 0 radical (unpaired) electrons. The highest BCUT2D eigenvalue weighted by Gasteiger charge is 2.32. The van der Waals surface area contributed by atoms with Crippen molar-refractivity contribution in [1.29, 1.82) is 0 Å². The highest BCUT2D eigenvalue weighted by molar-refractivity contribution is 5.86. The second-order valence-corrected chi connectivity index (χ2v) is 3.26. The number of carboxylic acids is 1. The van der Waals surface area contributed by atoms with Crippen LogP contribution in [-0.4, -0.2) is 29.6 Å². The van der Waals surface area contributed by atoms with Crippen LogP contribution in [0.25, 0.3) is 0 Å². The molecule has 1 saturated carbocycles. The first-order valence-electron chi connectivity index (χ1n) is 4.20. The average Bonchev–Trinajstić information content (AvgIpc) is 2.32. The third-order valence-electron chi connectivity index (χ3n) is 2.41. The summed E-state index contributed by atoms with van der Waals surface area (Å²) >= 11 is 0. The fourth-order valence-electron chi connectivity index (χ4n) is 1.40. The highest BCUT2D eigenvalue weighted by atomic mass is 16.5. The summed E-state index contributed by atoms with van der Waals surface area (Å²) in [6.45, 7) is 0.223. The maximum Gasteiger partial charge on any atom is 0.332 e. The minimum absolute atomic E-state index is 0.223. The van der Waals surface area contributed by atoms with Crippen molar-refractivity contribution in [3.8, 4) is 0 Å². The van der Waals surface area contributed by atoms with Crippen LogP contribution in [0.1, 0.15) is 19.3 Å². The summed E-state index contributed by atoms with van der Waals surface area (Å²) in [5, 5.41) is 8.62. The van der Waals surface area contributed by atoms with Gasteiger partial charge in [-0.05, 0) is 12.8 Å². The third kappa shape index (κ3) is 1.17. The van der Waals surface area contributed by atoms with Crippen molar-refractivity contribution in [2.24, 2.45) is 10.9 Å². The van der Waals surface area contributed by atoms with Crippen LogP contribution in [0.2, 0.25) is 0 Å². The molecule has 66 valence electrons. The van der Waals surface area contributed by atoms with E-state index in [9.17, 15) is 4.79 Å². The van der Waals surface area contributed by atoms with Gasteiger partial charge in [-0.2, -0.15) is 0 Å². The van der Waals surface area contributed by atoms with Gasteiger partial charge in [0.25, 0.3) is 0 Å². The lowest BCUT2D eigenvalue weighted by Gasteiger charge is -2.23. The Morgan fingerprint density at radius 3 is 2.75 bits per heavy atom. The predicted octanol–water partition coefficient (Wildman–Crippen LogP) is 0.668. The number of carboxylic acid groups (broad SMARTS) is 1. The Labute approximate surface area is 70.2 Å². The van der Waals surface area contributed by atoms with E-state index in [-0.39, 0.29) is 6.61 Å². The molecule has 12 heavy (non-hydrogen) atoms. The lowest BCUT2D eigenvalue weighted by Crippen LogP contribution is -2.21. The summed E-state index contributed by atoms with van der Waals surface area (Å²) in [7, 11) is 0. The van der Waals surface area contributed by atoms with E-state index in [0.717, 1.165) is 12.8 Å². The highest BCUT2D eigenvalue weighted by Crippen LogP contribution is 2.30. The Hall–Kier alpha value is -1.06. The summed E-state index contributed by atoms with van der Waals surface area (Å²) in [6, 6.07) is -0.652. The minimum Gasteiger partial charge on any atom is -0.480 e. The zero-order chi connectivity index (χ0) is 8.55. The molecule has 0 aromatic rings. The van der Waals surface area contributed by atoms with E-state index >= 15 is 0 Å². The van der Waals surface area contributed by atoms with E-state index in [1.165, 1.54) is 6.42 Å². The molecule has 1 heterocycles. The third-order valence-corrected chi connectivity index (χ3v) is 2.41.